The molecule has 1 aliphatic carbocycles. The summed E-state index contributed by atoms with van der Waals surface area (Å²) in [5.74, 6) is -2.84. The van der Waals surface area contributed by atoms with Gasteiger partial charge in [0.2, 0.25) is 17.7 Å². The molecule has 2 atom stereocenters. The highest BCUT2D eigenvalue weighted by Crippen LogP contribution is 2.21. The number of carbonyl (C=O) groups excluding carboxylic acids is 3. The lowest BCUT2D eigenvalue weighted by atomic mass is 9.98. The van der Waals surface area contributed by atoms with E-state index in [-0.39, 0.29) is 25.2 Å². The SMILES string of the molecule is CC(NC(=O)C(CCC(=O)O)NC(=O)CCc1ccc(C2=CC=C=CC2)cc1)C(N)=O. The number of nitrogens with one attached hydrogen (secondary N) is 2. The highest BCUT2D eigenvalue weighted by atomic mass is 16.4. The second kappa shape index (κ2) is 11.5. The van der Waals surface area contributed by atoms with Gasteiger partial charge in [-0.15, -0.1) is 5.73 Å². The number of allylic oxidation sites excluding steroid dienone is 3. The van der Waals surface area contributed by atoms with Crippen molar-refractivity contribution in [1.82, 2.24) is 10.6 Å². The Kier molecular flexibility index (Phi) is 8.78. The number of nitrogens with two attached hydrogens (primary N) is 1. The molecule has 164 valence electrons. The predicted octanol–water partition coefficient (Wildman–Crippen LogP) is 1.46. The van der Waals surface area contributed by atoms with E-state index < -0.39 is 29.9 Å². The van der Waals surface area contributed by atoms with Gasteiger partial charge in [0.15, 0.2) is 0 Å². The molecule has 5 N–H and O–H groups in total. The van der Waals surface area contributed by atoms with Crippen LogP contribution in [0.15, 0.2) is 48.2 Å². The first-order chi connectivity index (χ1) is 14.8. The second-order valence-electron chi connectivity index (χ2n) is 7.32. The molecule has 0 saturated heterocycles. The Morgan fingerprint density at radius 3 is 2.42 bits per heavy atom. The molecule has 1 aliphatic rings. The Morgan fingerprint density at radius 2 is 1.84 bits per heavy atom. The van der Waals surface area contributed by atoms with Gasteiger partial charge in [-0.1, -0.05) is 30.3 Å². The van der Waals surface area contributed by atoms with Crippen molar-refractivity contribution in [3.8, 4) is 0 Å². The Balaban J connectivity index is 1.91. The third-order valence-electron chi connectivity index (χ3n) is 4.87. The van der Waals surface area contributed by atoms with E-state index in [2.05, 4.69) is 16.4 Å². The molecule has 0 saturated carbocycles. The average Bonchev–Trinajstić information content (AvgIpc) is 2.75. The molecular weight excluding hydrogens is 398 g/mol. The summed E-state index contributed by atoms with van der Waals surface area (Å²) < 4.78 is 0. The molecule has 8 nitrogen and oxygen atoms in total. The van der Waals surface area contributed by atoms with Gasteiger partial charge < -0.3 is 21.5 Å². The molecule has 1 aromatic rings. The zero-order chi connectivity index (χ0) is 22.8. The standard InChI is InChI=1S/C23H27N3O5/c1-15(22(24)30)25-23(31)19(12-14-21(28)29)26-20(27)13-9-16-7-10-18(11-8-16)17-5-3-2-4-6-17/h3-5,7-8,10-11,15,19H,6,9,12-14H2,1H3,(H2,24,30)(H,25,31)(H,26,27)(H,28,29). The van der Waals surface area contributed by atoms with Gasteiger partial charge in [0.1, 0.15) is 12.1 Å². The Hall–Kier alpha value is -3.64. The number of carboxylic acid groups (broad SMARTS) is 1. The number of amides is 3. The van der Waals surface area contributed by atoms with Crippen LogP contribution in [0.4, 0.5) is 0 Å². The average molecular weight is 425 g/mol. The Morgan fingerprint density at radius 1 is 1.13 bits per heavy atom. The van der Waals surface area contributed by atoms with Crippen LogP contribution in [0.1, 0.15) is 43.7 Å². The summed E-state index contributed by atoms with van der Waals surface area (Å²) in [7, 11) is 0. The molecule has 0 radical (unpaired) electrons. The van der Waals surface area contributed by atoms with Crippen LogP contribution < -0.4 is 16.4 Å². The van der Waals surface area contributed by atoms with Crippen LogP contribution in [0.5, 0.6) is 0 Å². The van der Waals surface area contributed by atoms with E-state index in [1.165, 1.54) is 12.5 Å². The quantitative estimate of drug-likeness (QED) is 0.398. The maximum atomic E-state index is 12.4. The number of carboxylic acids is 1. The van der Waals surface area contributed by atoms with Crippen LogP contribution in [0.2, 0.25) is 0 Å². The van der Waals surface area contributed by atoms with Crippen molar-refractivity contribution in [2.24, 2.45) is 5.73 Å². The van der Waals surface area contributed by atoms with E-state index in [1.807, 2.05) is 42.5 Å². The lowest BCUT2D eigenvalue weighted by Gasteiger charge is -2.19. The van der Waals surface area contributed by atoms with E-state index in [0.717, 1.165) is 17.5 Å². The van der Waals surface area contributed by atoms with Crippen LogP contribution in [-0.4, -0.2) is 40.9 Å². The molecule has 0 heterocycles. The van der Waals surface area contributed by atoms with Crippen molar-refractivity contribution in [2.75, 3.05) is 0 Å². The molecule has 3 amide bonds. The van der Waals surface area contributed by atoms with E-state index >= 15 is 0 Å². The normalized spacial score (nSPS) is 14.3. The predicted molar refractivity (Wildman–Crippen MR) is 116 cm³/mol. The molecule has 0 aromatic heterocycles. The summed E-state index contributed by atoms with van der Waals surface area (Å²) in [5, 5.41) is 13.8. The van der Waals surface area contributed by atoms with Gasteiger partial charge in [-0.25, -0.2) is 0 Å². The van der Waals surface area contributed by atoms with Gasteiger partial charge in [0, 0.05) is 12.8 Å². The third-order valence-corrected chi connectivity index (χ3v) is 4.87. The zero-order valence-corrected chi connectivity index (χ0v) is 17.4. The van der Waals surface area contributed by atoms with Crippen molar-refractivity contribution >= 4 is 29.3 Å². The topological polar surface area (TPSA) is 139 Å². The number of hydrogen-bond acceptors (Lipinski definition) is 4. The maximum Gasteiger partial charge on any atom is 0.303 e. The van der Waals surface area contributed by atoms with Crippen molar-refractivity contribution in [1.29, 1.82) is 0 Å². The molecule has 0 bridgehead atoms. The van der Waals surface area contributed by atoms with E-state index in [0.29, 0.717) is 6.42 Å². The van der Waals surface area contributed by atoms with Gasteiger partial charge in [-0.2, -0.15) is 0 Å². The van der Waals surface area contributed by atoms with Crippen LogP contribution in [0.25, 0.3) is 5.57 Å². The van der Waals surface area contributed by atoms with Crippen molar-refractivity contribution < 1.29 is 24.3 Å². The lowest BCUT2D eigenvalue weighted by Crippen LogP contribution is -2.52. The molecule has 0 fully saturated rings. The van der Waals surface area contributed by atoms with Crippen molar-refractivity contribution in [3.63, 3.8) is 0 Å². The fourth-order valence-corrected chi connectivity index (χ4v) is 3.00. The first-order valence-corrected chi connectivity index (χ1v) is 10.1. The smallest absolute Gasteiger partial charge is 0.303 e. The lowest BCUT2D eigenvalue weighted by molar-refractivity contribution is -0.138. The van der Waals surface area contributed by atoms with E-state index in [4.69, 9.17) is 10.8 Å². The van der Waals surface area contributed by atoms with Crippen LogP contribution in [-0.2, 0) is 25.6 Å². The maximum absolute atomic E-state index is 12.4. The highest BCUT2D eigenvalue weighted by molar-refractivity contribution is 5.91. The molecule has 0 spiro atoms. The van der Waals surface area contributed by atoms with Crippen LogP contribution >= 0.6 is 0 Å². The summed E-state index contributed by atoms with van der Waals surface area (Å²) in [6.45, 7) is 1.41. The number of primary amides is 1. The van der Waals surface area contributed by atoms with Gasteiger partial charge in [-0.3, -0.25) is 19.2 Å². The van der Waals surface area contributed by atoms with Gasteiger partial charge in [-0.05, 0) is 55.0 Å². The zero-order valence-electron chi connectivity index (χ0n) is 17.4. The summed E-state index contributed by atoms with van der Waals surface area (Å²) in [6.07, 6.45) is 6.89. The minimum absolute atomic E-state index is 0.0922. The minimum Gasteiger partial charge on any atom is -0.481 e. The van der Waals surface area contributed by atoms with Gasteiger partial charge >= 0.3 is 5.97 Å². The molecule has 1 aromatic carbocycles. The number of aryl methyl sites for hydroxylation is 1. The van der Waals surface area contributed by atoms with E-state index in [1.54, 1.807) is 0 Å². The summed E-state index contributed by atoms with van der Waals surface area (Å²) in [5.41, 5.74) is 11.4. The van der Waals surface area contributed by atoms with Gasteiger partial charge in [0.05, 0.1) is 0 Å². The number of hydrogen-bond donors (Lipinski definition) is 4. The van der Waals surface area contributed by atoms with Crippen molar-refractivity contribution in [3.05, 3.63) is 59.4 Å². The Labute approximate surface area is 180 Å². The molecule has 2 unspecified atom stereocenters. The number of aliphatic carboxylic acids is 1. The Bertz CT molecular complexity index is 927. The van der Waals surface area contributed by atoms with Crippen LogP contribution in [0, 0.1) is 0 Å². The largest absolute Gasteiger partial charge is 0.481 e. The summed E-state index contributed by atoms with van der Waals surface area (Å²) >= 11 is 0. The highest BCUT2D eigenvalue weighted by Gasteiger charge is 2.24. The molecule has 2 rings (SSSR count). The fourth-order valence-electron chi connectivity index (χ4n) is 3.00. The fraction of sp³-hybridized carbons (Fsp3) is 0.348. The van der Waals surface area contributed by atoms with Crippen LogP contribution in [0.3, 0.4) is 0 Å². The van der Waals surface area contributed by atoms with Crippen molar-refractivity contribution in [2.45, 2.75) is 51.1 Å². The number of carbonyl (C=O) groups is 4. The summed E-state index contributed by atoms with van der Waals surface area (Å²) in [6, 6.07) is 5.91. The number of benzene rings is 1. The molecule has 8 heteroatoms. The summed E-state index contributed by atoms with van der Waals surface area (Å²) in [4.78, 5) is 46.7. The first kappa shape index (κ1) is 23.6. The number of rotatable bonds is 11. The van der Waals surface area contributed by atoms with E-state index in [9.17, 15) is 19.2 Å². The first-order valence-electron chi connectivity index (χ1n) is 10.1. The molecular formula is C23H27N3O5. The second-order valence-corrected chi connectivity index (χ2v) is 7.32. The third kappa shape index (κ3) is 7.95. The minimum atomic E-state index is -1.09. The van der Waals surface area contributed by atoms with Gasteiger partial charge in [0.25, 0.3) is 0 Å². The molecule has 31 heavy (non-hydrogen) atoms. The molecule has 0 aliphatic heterocycles. The monoisotopic (exact) mass is 425 g/mol.